The monoisotopic (exact) mass is 686 g/mol. The maximum Gasteiger partial charge on any atom is 0.0701 e. The van der Waals surface area contributed by atoms with Gasteiger partial charge in [-0.25, -0.2) is 0 Å². The fraction of sp³-hybridized carbons (Fsp3) is 1.00. The maximum atomic E-state index is 5.54. The van der Waals surface area contributed by atoms with Gasteiger partial charge in [-0.15, -0.1) is 0 Å². The summed E-state index contributed by atoms with van der Waals surface area (Å²) in [4.78, 5) is 0. The first-order valence-corrected chi connectivity index (χ1v) is 17.8. The molecular formula is C34H70O13. The molecule has 1 atom stereocenters. The van der Waals surface area contributed by atoms with Gasteiger partial charge in [0.1, 0.15) is 0 Å². The summed E-state index contributed by atoms with van der Waals surface area (Å²) in [5.41, 5.74) is 0. The second-order valence-corrected chi connectivity index (χ2v) is 10.6. The Morgan fingerprint density at radius 2 is 0.489 bits per heavy atom. The van der Waals surface area contributed by atoms with Gasteiger partial charge in [-0.05, 0) is 12.3 Å². The zero-order valence-corrected chi connectivity index (χ0v) is 30.1. The molecular weight excluding hydrogens is 616 g/mol. The minimum absolute atomic E-state index is 0.516. The van der Waals surface area contributed by atoms with Gasteiger partial charge in [0.05, 0.1) is 159 Å². The van der Waals surface area contributed by atoms with Crippen LogP contribution in [-0.2, 0) is 61.6 Å². The van der Waals surface area contributed by atoms with E-state index in [-0.39, 0.29) is 0 Å². The van der Waals surface area contributed by atoms with Gasteiger partial charge in [0.2, 0.25) is 0 Å². The highest BCUT2D eigenvalue weighted by molar-refractivity contribution is 4.46. The molecule has 0 amide bonds. The second-order valence-electron chi connectivity index (χ2n) is 10.6. The molecule has 0 heterocycles. The summed E-state index contributed by atoms with van der Waals surface area (Å²) in [7, 11) is 0. The lowest BCUT2D eigenvalue weighted by atomic mass is 10.1. The lowest BCUT2D eigenvalue weighted by Gasteiger charge is -2.10. The molecule has 0 aliphatic heterocycles. The zero-order chi connectivity index (χ0) is 34.0. The van der Waals surface area contributed by atoms with E-state index in [1.165, 1.54) is 12.8 Å². The van der Waals surface area contributed by atoms with E-state index >= 15 is 0 Å². The summed E-state index contributed by atoms with van der Waals surface area (Å²) in [6.07, 6.45) is 4.68. The smallest absolute Gasteiger partial charge is 0.0701 e. The van der Waals surface area contributed by atoms with E-state index in [0.717, 1.165) is 26.1 Å². The molecule has 0 bridgehead atoms. The first kappa shape index (κ1) is 46.5. The highest BCUT2D eigenvalue weighted by Gasteiger charge is 1.99. The summed E-state index contributed by atoms with van der Waals surface area (Å²) in [6.45, 7) is 21.2. The highest BCUT2D eigenvalue weighted by atomic mass is 16.6. The van der Waals surface area contributed by atoms with E-state index in [1.807, 2.05) is 0 Å². The molecule has 13 heteroatoms. The molecule has 0 spiro atoms. The molecule has 0 aliphatic rings. The van der Waals surface area contributed by atoms with Crippen molar-refractivity contribution < 1.29 is 61.6 Å². The van der Waals surface area contributed by atoms with Gasteiger partial charge in [0, 0.05) is 13.2 Å². The SMILES string of the molecule is CCCCCOCCOCCOCCOCCOCCOCCOCCOCCOCCOCCOCCOCCOCC(C)CC. The molecule has 1 unspecified atom stereocenters. The first-order chi connectivity index (χ1) is 23.3. The van der Waals surface area contributed by atoms with E-state index in [4.69, 9.17) is 61.6 Å². The molecule has 0 saturated carbocycles. The summed E-state index contributed by atoms with van der Waals surface area (Å²) < 4.78 is 71.3. The van der Waals surface area contributed by atoms with Crippen molar-refractivity contribution in [2.24, 2.45) is 5.92 Å². The van der Waals surface area contributed by atoms with Gasteiger partial charge >= 0.3 is 0 Å². The molecule has 0 aromatic heterocycles. The largest absolute Gasteiger partial charge is 0.379 e. The van der Waals surface area contributed by atoms with Crippen LogP contribution in [0.4, 0.5) is 0 Å². The van der Waals surface area contributed by atoms with Crippen molar-refractivity contribution >= 4 is 0 Å². The molecule has 0 saturated heterocycles. The topological polar surface area (TPSA) is 120 Å². The molecule has 0 aromatic carbocycles. The molecule has 0 aliphatic carbocycles. The van der Waals surface area contributed by atoms with Crippen LogP contribution in [0.2, 0.25) is 0 Å². The van der Waals surface area contributed by atoms with Crippen molar-refractivity contribution in [1.29, 1.82) is 0 Å². The lowest BCUT2D eigenvalue weighted by Crippen LogP contribution is -2.15. The molecule has 0 rings (SSSR count). The standard InChI is InChI=1S/C34H70O13/c1-4-6-7-8-35-9-10-36-11-12-37-13-14-38-15-16-39-17-18-40-19-20-41-21-22-42-23-24-43-25-26-44-27-28-45-29-30-46-31-32-47-33-34(3)5-2/h34H,4-33H2,1-3H3. The van der Waals surface area contributed by atoms with E-state index in [0.29, 0.717) is 164 Å². The van der Waals surface area contributed by atoms with Gasteiger partial charge in [0.15, 0.2) is 0 Å². The molecule has 47 heavy (non-hydrogen) atoms. The number of unbranched alkanes of at least 4 members (excludes halogenated alkanes) is 2. The van der Waals surface area contributed by atoms with Crippen LogP contribution in [0.15, 0.2) is 0 Å². The third-order valence-corrected chi connectivity index (χ3v) is 6.46. The molecule has 13 nitrogen and oxygen atoms in total. The van der Waals surface area contributed by atoms with Crippen molar-refractivity contribution in [2.45, 2.75) is 46.5 Å². The first-order valence-electron chi connectivity index (χ1n) is 17.8. The van der Waals surface area contributed by atoms with Crippen molar-refractivity contribution in [3.63, 3.8) is 0 Å². The average Bonchev–Trinajstić information content (AvgIpc) is 3.08. The van der Waals surface area contributed by atoms with Crippen molar-refractivity contribution in [1.82, 2.24) is 0 Å². The summed E-state index contributed by atoms with van der Waals surface area (Å²) in [5, 5.41) is 0. The second kappa shape index (κ2) is 43.5. The average molecular weight is 687 g/mol. The zero-order valence-electron chi connectivity index (χ0n) is 30.1. The third kappa shape index (κ3) is 43.5. The quantitative estimate of drug-likeness (QED) is 0.0873. The van der Waals surface area contributed by atoms with Crippen molar-refractivity contribution in [3.8, 4) is 0 Å². The van der Waals surface area contributed by atoms with E-state index in [1.54, 1.807) is 0 Å². The van der Waals surface area contributed by atoms with Crippen LogP contribution in [0.3, 0.4) is 0 Å². The molecule has 0 aromatic rings. The van der Waals surface area contributed by atoms with Crippen LogP contribution in [0.1, 0.15) is 46.5 Å². The Labute approximate surface area is 285 Å². The predicted molar refractivity (Wildman–Crippen MR) is 180 cm³/mol. The minimum atomic E-state index is 0.516. The third-order valence-electron chi connectivity index (χ3n) is 6.46. The van der Waals surface area contributed by atoms with Gasteiger partial charge in [-0.1, -0.05) is 40.0 Å². The van der Waals surface area contributed by atoms with Crippen LogP contribution in [0.25, 0.3) is 0 Å². The Bertz CT molecular complexity index is 548. The summed E-state index contributed by atoms with van der Waals surface area (Å²) in [6, 6.07) is 0. The van der Waals surface area contributed by atoms with Gasteiger partial charge in [-0.2, -0.15) is 0 Å². The van der Waals surface area contributed by atoms with Gasteiger partial charge in [0.25, 0.3) is 0 Å². The van der Waals surface area contributed by atoms with Gasteiger partial charge < -0.3 is 61.6 Å². The molecule has 0 fully saturated rings. The van der Waals surface area contributed by atoms with Crippen LogP contribution >= 0.6 is 0 Å². The van der Waals surface area contributed by atoms with Crippen LogP contribution in [0.5, 0.6) is 0 Å². The fourth-order valence-electron chi connectivity index (χ4n) is 3.50. The molecule has 0 N–H and O–H groups in total. The molecule has 284 valence electrons. The van der Waals surface area contributed by atoms with Crippen molar-refractivity contribution in [2.75, 3.05) is 172 Å². The number of rotatable bonds is 43. The van der Waals surface area contributed by atoms with Crippen LogP contribution in [0, 0.1) is 5.92 Å². The minimum Gasteiger partial charge on any atom is -0.379 e. The van der Waals surface area contributed by atoms with E-state index in [2.05, 4.69) is 20.8 Å². The Kier molecular flexibility index (Phi) is 43.0. The van der Waals surface area contributed by atoms with E-state index in [9.17, 15) is 0 Å². The predicted octanol–water partition coefficient (Wildman–Crippen LogP) is 3.44. The normalized spacial score (nSPS) is 12.3. The summed E-state index contributed by atoms with van der Waals surface area (Å²) >= 11 is 0. The van der Waals surface area contributed by atoms with Crippen LogP contribution < -0.4 is 0 Å². The number of ether oxygens (including phenoxy) is 13. The Morgan fingerprint density at radius 1 is 0.277 bits per heavy atom. The fourth-order valence-corrected chi connectivity index (χ4v) is 3.50. The lowest BCUT2D eigenvalue weighted by molar-refractivity contribution is -0.0292. The summed E-state index contributed by atoms with van der Waals surface area (Å²) in [5.74, 6) is 0.598. The van der Waals surface area contributed by atoms with Crippen LogP contribution in [-0.4, -0.2) is 172 Å². The maximum absolute atomic E-state index is 5.54. The van der Waals surface area contributed by atoms with Crippen molar-refractivity contribution in [3.05, 3.63) is 0 Å². The Balaban J connectivity index is 3.05. The number of hydrogen-bond donors (Lipinski definition) is 0. The highest BCUT2D eigenvalue weighted by Crippen LogP contribution is 2.00. The Hall–Kier alpha value is -0.520. The Morgan fingerprint density at radius 3 is 0.702 bits per heavy atom. The number of hydrogen-bond acceptors (Lipinski definition) is 13. The van der Waals surface area contributed by atoms with E-state index < -0.39 is 0 Å². The molecule has 0 radical (unpaired) electrons. The van der Waals surface area contributed by atoms with Gasteiger partial charge in [-0.3, -0.25) is 0 Å².